The van der Waals surface area contributed by atoms with Crippen molar-refractivity contribution in [1.82, 2.24) is 0 Å². The van der Waals surface area contributed by atoms with Gasteiger partial charge in [-0.05, 0) is 52.0 Å². The van der Waals surface area contributed by atoms with E-state index in [1.165, 1.54) is 19.2 Å². The van der Waals surface area contributed by atoms with Crippen LogP contribution in [0.2, 0.25) is 16.6 Å². The van der Waals surface area contributed by atoms with Crippen LogP contribution in [0.3, 0.4) is 0 Å². The Morgan fingerprint density at radius 1 is 0.842 bits per heavy atom. The van der Waals surface area contributed by atoms with Crippen molar-refractivity contribution in [3.8, 4) is 11.5 Å². The molecule has 11 heteroatoms. The van der Waals surface area contributed by atoms with E-state index in [-0.39, 0.29) is 56.5 Å². The van der Waals surface area contributed by atoms with E-state index in [1.807, 2.05) is 0 Å². The van der Waals surface area contributed by atoms with Gasteiger partial charge in [-0.3, -0.25) is 4.79 Å². The van der Waals surface area contributed by atoms with Crippen molar-refractivity contribution in [2.45, 2.75) is 74.4 Å². The lowest BCUT2D eigenvalue weighted by molar-refractivity contribution is 0.0505. The number of rotatable bonds is 13. The number of carbonyl (C=O) groups excluding carboxylic acids is 1. The Morgan fingerprint density at radius 2 is 1.34 bits per heavy atom. The molecule has 0 amide bonds. The van der Waals surface area contributed by atoms with Crippen LogP contribution in [0.15, 0.2) is 40.1 Å². The molecule has 0 N–H and O–H groups in total. The van der Waals surface area contributed by atoms with E-state index in [2.05, 4.69) is 41.5 Å². The monoisotopic (exact) mass is 584 g/mol. The zero-order chi connectivity index (χ0) is 29.1. The zero-order valence-electron chi connectivity index (χ0n) is 23.7. The summed E-state index contributed by atoms with van der Waals surface area (Å²) >= 11 is 0. The molecule has 0 aromatic heterocycles. The predicted octanol–water partition coefficient (Wildman–Crippen LogP) is 5.43. The molecule has 0 aliphatic carbocycles. The molecule has 38 heavy (non-hydrogen) atoms. The second kappa shape index (κ2) is 12.3. The first-order chi connectivity index (χ1) is 17.5. The third-order valence-electron chi connectivity index (χ3n) is 6.86. The average Bonchev–Trinajstić information content (AvgIpc) is 2.79. The van der Waals surface area contributed by atoms with E-state index < -0.39 is 28.0 Å². The largest absolute Gasteiger partial charge is 0.543 e. The third kappa shape index (κ3) is 7.05. The molecule has 2 aromatic rings. The molecule has 2 rings (SSSR count). The van der Waals surface area contributed by atoms with Gasteiger partial charge in [-0.1, -0.05) is 47.6 Å². The molecule has 0 spiro atoms. The van der Waals surface area contributed by atoms with Crippen LogP contribution < -0.4 is 9.16 Å². The van der Waals surface area contributed by atoms with E-state index in [4.69, 9.17) is 13.9 Å². The van der Waals surface area contributed by atoms with Gasteiger partial charge in [0.05, 0.1) is 15.4 Å². The van der Waals surface area contributed by atoms with Gasteiger partial charge in [-0.25, -0.2) is 16.8 Å². The van der Waals surface area contributed by atoms with Crippen molar-refractivity contribution >= 4 is 34.3 Å². The molecule has 0 radical (unpaired) electrons. The number of aldehydes is 1. The minimum Gasteiger partial charge on any atom is -0.543 e. The lowest BCUT2D eigenvalue weighted by atomic mass is 10.0. The fourth-order valence-corrected chi connectivity index (χ4v) is 12.5. The van der Waals surface area contributed by atoms with Gasteiger partial charge in [0.2, 0.25) is 0 Å². The van der Waals surface area contributed by atoms with Crippen LogP contribution in [0, 0.1) is 0 Å². The number of methoxy groups -OCH3 is 1. The Hall–Kier alpha value is -2.21. The second-order valence-corrected chi connectivity index (χ2v) is 19.9. The quantitative estimate of drug-likeness (QED) is 0.174. The summed E-state index contributed by atoms with van der Waals surface area (Å²) in [4.78, 5) is 11.4. The van der Waals surface area contributed by atoms with Gasteiger partial charge in [0.1, 0.15) is 11.5 Å². The highest BCUT2D eigenvalue weighted by molar-refractivity contribution is 7.91. The second-order valence-electron chi connectivity index (χ2n) is 10.6. The van der Waals surface area contributed by atoms with Crippen molar-refractivity contribution < 1.29 is 35.5 Å². The molecule has 8 nitrogen and oxygen atoms in total. The van der Waals surface area contributed by atoms with Gasteiger partial charge in [0.25, 0.3) is 8.32 Å². The number of hydrogen-bond acceptors (Lipinski definition) is 8. The van der Waals surface area contributed by atoms with E-state index in [0.717, 1.165) is 12.5 Å². The minimum atomic E-state index is -3.85. The molecule has 0 atom stereocenters. The maximum absolute atomic E-state index is 13.0. The SMILES string of the molecule is COCOc1ccc(Cc2c(S(C)(=O)=O)cc(O[Si](C(C)C)(C(C)C)C(C)C)cc2S(C)(=O)=O)cc1C=O. The van der Waals surface area contributed by atoms with Crippen LogP contribution in [0.4, 0.5) is 0 Å². The summed E-state index contributed by atoms with van der Waals surface area (Å²) < 4.78 is 69.0. The smallest absolute Gasteiger partial charge is 0.258 e. The fraction of sp³-hybridized carbons (Fsp3) is 0.519. The average molecular weight is 585 g/mol. The maximum atomic E-state index is 13.0. The van der Waals surface area contributed by atoms with Crippen LogP contribution in [0.25, 0.3) is 0 Å². The minimum absolute atomic E-state index is 0.0302. The van der Waals surface area contributed by atoms with Crippen molar-refractivity contribution in [2.24, 2.45) is 0 Å². The van der Waals surface area contributed by atoms with Crippen LogP contribution in [0.5, 0.6) is 11.5 Å². The lowest BCUT2D eigenvalue weighted by Gasteiger charge is -2.42. The molecule has 212 valence electrons. The molecule has 0 unspecified atom stereocenters. The third-order valence-corrected chi connectivity index (χ3v) is 15.2. The van der Waals surface area contributed by atoms with Crippen molar-refractivity contribution in [3.05, 3.63) is 47.0 Å². The Bertz CT molecular complexity index is 1290. The molecular formula is C27H40O8S2Si. The van der Waals surface area contributed by atoms with E-state index in [0.29, 0.717) is 17.6 Å². The Morgan fingerprint density at radius 3 is 1.74 bits per heavy atom. The van der Waals surface area contributed by atoms with Crippen molar-refractivity contribution in [2.75, 3.05) is 26.4 Å². The Kier molecular flexibility index (Phi) is 10.4. The van der Waals surface area contributed by atoms with Crippen LogP contribution in [0.1, 0.15) is 63.0 Å². The molecule has 0 heterocycles. The number of sulfone groups is 2. The summed E-state index contributed by atoms with van der Waals surface area (Å²) in [7, 11) is -8.75. The molecular weight excluding hydrogens is 545 g/mol. The first-order valence-corrected chi connectivity index (χ1v) is 18.4. The summed E-state index contributed by atoms with van der Waals surface area (Å²) in [5.41, 5.74) is 1.53. The lowest BCUT2D eigenvalue weighted by Crippen LogP contribution is -2.50. The highest BCUT2D eigenvalue weighted by Crippen LogP contribution is 2.44. The van der Waals surface area contributed by atoms with Gasteiger partial charge in [-0.15, -0.1) is 0 Å². The summed E-state index contributed by atoms with van der Waals surface area (Å²) in [6.45, 7) is 12.5. The highest BCUT2D eigenvalue weighted by atomic mass is 32.2. The topological polar surface area (TPSA) is 113 Å². The summed E-state index contributed by atoms with van der Waals surface area (Å²) in [5, 5.41) is 0. The summed E-state index contributed by atoms with van der Waals surface area (Å²) in [6, 6.07) is 7.68. The maximum Gasteiger partial charge on any atom is 0.258 e. The zero-order valence-corrected chi connectivity index (χ0v) is 26.3. The number of hydrogen-bond donors (Lipinski definition) is 0. The molecule has 0 saturated heterocycles. The number of ether oxygens (including phenoxy) is 2. The van der Waals surface area contributed by atoms with E-state index in [9.17, 15) is 21.6 Å². The Balaban J connectivity index is 2.79. The van der Waals surface area contributed by atoms with Crippen LogP contribution >= 0.6 is 0 Å². The highest BCUT2D eigenvalue weighted by Gasteiger charge is 2.47. The van der Waals surface area contributed by atoms with Gasteiger partial charge >= 0.3 is 0 Å². The van der Waals surface area contributed by atoms with Crippen LogP contribution in [-0.2, 0) is 30.8 Å². The van der Waals surface area contributed by atoms with Gasteiger partial charge in [0, 0.05) is 26.0 Å². The normalized spacial score (nSPS) is 12.8. The number of carbonyl (C=O) groups is 1. The molecule has 0 aliphatic heterocycles. The van der Waals surface area contributed by atoms with Gasteiger partial charge < -0.3 is 13.9 Å². The fourth-order valence-electron chi connectivity index (χ4n) is 5.31. The summed E-state index contributed by atoms with van der Waals surface area (Å²) in [5.74, 6) is 0.549. The van der Waals surface area contributed by atoms with Gasteiger partial charge in [0.15, 0.2) is 32.8 Å². The van der Waals surface area contributed by atoms with Crippen LogP contribution in [-0.4, -0.2) is 57.9 Å². The van der Waals surface area contributed by atoms with E-state index in [1.54, 1.807) is 18.2 Å². The number of benzene rings is 2. The molecule has 0 bridgehead atoms. The van der Waals surface area contributed by atoms with Gasteiger partial charge in [-0.2, -0.15) is 0 Å². The van der Waals surface area contributed by atoms with E-state index >= 15 is 0 Å². The Labute approximate surface area is 228 Å². The van der Waals surface area contributed by atoms with Crippen molar-refractivity contribution in [1.29, 1.82) is 0 Å². The molecule has 2 aromatic carbocycles. The van der Waals surface area contributed by atoms with Crippen molar-refractivity contribution in [3.63, 3.8) is 0 Å². The first-order valence-electron chi connectivity index (χ1n) is 12.4. The standard InChI is InChI=1S/C27H40O8S2Si/c1-18(2)38(19(3)4,20(5)6)35-23-14-26(36(8,29)30)24(27(15-23)37(9,31)32)13-21-10-11-25(34-17-33-7)22(12-21)16-28/h10-12,14-16,18-20H,13,17H2,1-9H3. The molecule has 0 fully saturated rings. The molecule has 0 aliphatic rings. The first kappa shape index (κ1) is 32.0. The predicted molar refractivity (Wildman–Crippen MR) is 151 cm³/mol. The summed E-state index contributed by atoms with van der Waals surface area (Å²) in [6.07, 6.45) is 2.70. The molecule has 0 saturated carbocycles.